The average molecular weight is 218 g/mol. The third kappa shape index (κ3) is 1.81. The van der Waals surface area contributed by atoms with E-state index in [1.54, 1.807) is 19.2 Å². The molecule has 0 aliphatic carbocycles. The summed E-state index contributed by atoms with van der Waals surface area (Å²) in [5.74, 6) is 1.42. The molecule has 2 aromatic rings. The molecular weight excluding hydrogens is 204 g/mol. The Morgan fingerprint density at radius 2 is 2.12 bits per heavy atom. The molecular formula is C13H14O3. The van der Waals surface area contributed by atoms with Crippen molar-refractivity contribution in [2.75, 3.05) is 7.11 Å². The molecule has 1 aromatic carbocycles. The molecule has 3 heteroatoms. The third-order valence-corrected chi connectivity index (χ3v) is 2.53. The van der Waals surface area contributed by atoms with Crippen LogP contribution in [0.3, 0.4) is 0 Å². The van der Waals surface area contributed by atoms with Crippen LogP contribution in [0.15, 0.2) is 33.5 Å². The van der Waals surface area contributed by atoms with Gasteiger partial charge in [0.05, 0.1) is 12.5 Å². The summed E-state index contributed by atoms with van der Waals surface area (Å²) < 4.78 is 10.5. The van der Waals surface area contributed by atoms with Gasteiger partial charge in [0, 0.05) is 11.8 Å². The molecule has 0 fully saturated rings. The topological polar surface area (TPSA) is 39.4 Å². The Morgan fingerprint density at radius 3 is 2.81 bits per heavy atom. The number of hydrogen-bond donors (Lipinski definition) is 0. The molecule has 0 N–H and O–H groups in total. The van der Waals surface area contributed by atoms with E-state index in [-0.39, 0.29) is 5.63 Å². The third-order valence-electron chi connectivity index (χ3n) is 2.53. The zero-order chi connectivity index (χ0) is 11.5. The SMILES string of the molecule is CCCc1cc2c(OC)cccc2c(=O)o1. The van der Waals surface area contributed by atoms with Gasteiger partial charge in [-0.25, -0.2) is 4.79 Å². The van der Waals surface area contributed by atoms with E-state index < -0.39 is 0 Å². The van der Waals surface area contributed by atoms with Crippen LogP contribution in [0.5, 0.6) is 5.75 Å². The van der Waals surface area contributed by atoms with Gasteiger partial charge in [-0.2, -0.15) is 0 Å². The Morgan fingerprint density at radius 1 is 1.31 bits per heavy atom. The highest BCUT2D eigenvalue weighted by Crippen LogP contribution is 2.24. The highest BCUT2D eigenvalue weighted by Gasteiger charge is 2.07. The number of rotatable bonds is 3. The van der Waals surface area contributed by atoms with Gasteiger partial charge >= 0.3 is 5.63 Å². The van der Waals surface area contributed by atoms with E-state index >= 15 is 0 Å². The first-order valence-electron chi connectivity index (χ1n) is 5.36. The standard InChI is InChI=1S/C13H14O3/c1-3-5-9-8-11-10(13(14)16-9)6-4-7-12(11)15-2/h4,6-8H,3,5H2,1-2H3. The fourth-order valence-corrected chi connectivity index (χ4v) is 1.78. The lowest BCUT2D eigenvalue weighted by atomic mass is 10.1. The minimum absolute atomic E-state index is 0.292. The maximum atomic E-state index is 11.7. The van der Waals surface area contributed by atoms with Crippen molar-refractivity contribution >= 4 is 10.8 Å². The van der Waals surface area contributed by atoms with Gasteiger partial charge in [0.2, 0.25) is 0 Å². The molecule has 0 unspecified atom stereocenters. The fraction of sp³-hybridized carbons (Fsp3) is 0.308. The van der Waals surface area contributed by atoms with Crippen LogP contribution in [0.25, 0.3) is 10.8 Å². The zero-order valence-electron chi connectivity index (χ0n) is 9.45. The summed E-state index contributed by atoms with van der Waals surface area (Å²) in [5, 5.41) is 1.39. The second-order valence-electron chi connectivity index (χ2n) is 3.67. The molecule has 84 valence electrons. The number of fused-ring (bicyclic) bond motifs is 1. The number of benzene rings is 1. The van der Waals surface area contributed by atoms with E-state index in [0.717, 1.165) is 18.2 Å². The Balaban J connectivity index is 2.72. The van der Waals surface area contributed by atoms with Crippen LogP contribution in [-0.4, -0.2) is 7.11 Å². The molecule has 0 radical (unpaired) electrons. The van der Waals surface area contributed by atoms with Crippen LogP contribution in [0, 0.1) is 0 Å². The predicted molar refractivity (Wildman–Crippen MR) is 63.0 cm³/mol. The quantitative estimate of drug-likeness (QED) is 0.795. The number of aryl methyl sites for hydroxylation is 1. The maximum Gasteiger partial charge on any atom is 0.343 e. The van der Waals surface area contributed by atoms with E-state index in [9.17, 15) is 4.79 Å². The van der Waals surface area contributed by atoms with Gasteiger partial charge in [0.1, 0.15) is 11.5 Å². The van der Waals surface area contributed by atoms with E-state index in [0.29, 0.717) is 16.9 Å². The number of hydrogen-bond acceptors (Lipinski definition) is 3. The highest BCUT2D eigenvalue weighted by atomic mass is 16.5. The van der Waals surface area contributed by atoms with Gasteiger partial charge < -0.3 is 9.15 Å². The van der Waals surface area contributed by atoms with Crippen molar-refractivity contribution in [3.8, 4) is 5.75 Å². The van der Waals surface area contributed by atoms with E-state index in [4.69, 9.17) is 9.15 Å². The average Bonchev–Trinajstić information content (AvgIpc) is 2.29. The Hall–Kier alpha value is -1.77. The van der Waals surface area contributed by atoms with Crippen molar-refractivity contribution in [2.45, 2.75) is 19.8 Å². The van der Waals surface area contributed by atoms with Crippen molar-refractivity contribution in [2.24, 2.45) is 0 Å². The van der Waals surface area contributed by atoms with E-state index in [2.05, 4.69) is 0 Å². The molecule has 0 spiro atoms. The highest BCUT2D eigenvalue weighted by molar-refractivity contribution is 5.87. The maximum absolute atomic E-state index is 11.7. The smallest absolute Gasteiger partial charge is 0.343 e. The summed E-state index contributed by atoms with van der Waals surface area (Å²) in [5.41, 5.74) is -0.292. The normalized spacial score (nSPS) is 10.6. The van der Waals surface area contributed by atoms with Crippen molar-refractivity contribution in [3.63, 3.8) is 0 Å². The lowest BCUT2D eigenvalue weighted by Gasteiger charge is -2.05. The summed E-state index contributed by atoms with van der Waals surface area (Å²) >= 11 is 0. The van der Waals surface area contributed by atoms with Gasteiger partial charge in [0.15, 0.2) is 0 Å². The molecule has 0 saturated heterocycles. The van der Waals surface area contributed by atoms with Gasteiger partial charge in [-0.3, -0.25) is 0 Å². The molecule has 0 atom stereocenters. The van der Waals surface area contributed by atoms with Crippen molar-refractivity contribution in [1.82, 2.24) is 0 Å². The lowest BCUT2D eigenvalue weighted by molar-refractivity contribution is 0.418. The molecule has 0 bridgehead atoms. The van der Waals surface area contributed by atoms with Gasteiger partial charge in [-0.15, -0.1) is 0 Å². The first-order chi connectivity index (χ1) is 7.76. The summed E-state index contributed by atoms with van der Waals surface area (Å²) in [6.45, 7) is 2.05. The molecule has 3 nitrogen and oxygen atoms in total. The Labute approximate surface area is 93.7 Å². The molecule has 1 aromatic heterocycles. The zero-order valence-corrected chi connectivity index (χ0v) is 9.45. The molecule has 0 aliphatic rings. The van der Waals surface area contributed by atoms with Crippen molar-refractivity contribution in [3.05, 3.63) is 40.4 Å². The number of methoxy groups -OCH3 is 1. The summed E-state index contributed by atoms with van der Waals surface area (Å²) in [7, 11) is 1.60. The van der Waals surface area contributed by atoms with Crippen LogP contribution in [0.2, 0.25) is 0 Å². The molecule has 0 amide bonds. The summed E-state index contributed by atoms with van der Waals surface area (Å²) in [4.78, 5) is 11.7. The lowest BCUT2D eigenvalue weighted by Crippen LogP contribution is -2.02. The summed E-state index contributed by atoms with van der Waals surface area (Å²) in [6.07, 6.45) is 1.72. The van der Waals surface area contributed by atoms with E-state index in [1.165, 1.54) is 0 Å². The van der Waals surface area contributed by atoms with Crippen LogP contribution in [0.4, 0.5) is 0 Å². The fourth-order valence-electron chi connectivity index (χ4n) is 1.78. The molecule has 0 saturated carbocycles. The number of ether oxygens (including phenoxy) is 1. The molecule has 0 aliphatic heterocycles. The van der Waals surface area contributed by atoms with Crippen molar-refractivity contribution in [1.29, 1.82) is 0 Å². The second-order valence-corrected chi connectivity index (χ2v) is 3.67. The van der Waals surface area contributed by atoms with Crippen LogP contribution in [-0.2, 0) is 6.42 Å². The molecule has 2 rings (SSSR count). The second kappa shape index (κ2) is 4.39. The predicted octanol–water partition coefficient (Wildman–Crippen LogP) is 2.75. The van der Waals surface area contributed by atoms with Gasteiger partial charge in [-0.05, 0) is 24.6 Å². The largest absolute Gasteiger partial charge is 0.496 e. The first kappa shape index (κ1) is 10.7. The van der Waals surface area contributed by atoms with E-state index in [1.807, 2.05) is 19.1 Å². The summed E-state index contributed by atoms with van der Waals surface area (Å²) in [6, 6.07) is 7.27. The first-order valence-corrected chi connectivity index (χ1v) is 5.36. The van der Waals surface area contributed by atoms with Crippen LogP contribution in [0.1, 0.15) is 19.1 Å². The minimum Gasteiger partial charge on any atom is -0.496 e. The van der Waals surface area contributed by atoms with Gasteiger partial charge in [0.25, 0.3) is 0 Å². The Kier molecular flexibility index (Phi) is 2.95. The monoisotopic (exact) mass is 218 g/mol. The minimum atomic E-state index is -0.292. The van der Waals surface area contributed by atoms with Gasteiger partial charge in [-0.1, -0.05) is 13.0 Å². The molecule has 1 heterocycles. The van der Waals surface area contributed by atoms with Crippen molar-refractivity contribution < 1.29 is 9.15 Å². The Bertz CT molecular complexity index is 555. The van der Waals surface area contributed by atoms with Crippen LogP contribution < -0.4 is 10.4 Å². The van der Waals surface area contributed by atoms with Crippen LogP contribution >= 0.6 is 0 Å². The molecule has 16 heavy (non-hydrogen) atoms.